The molecule has 0 saturated carbocycles. The van der Waals surface area contributed by atoms with Gasteiger partial charge in [-0.3, -0.25) is 0 Å². The van der Waals surface area contributed by atoms with Crippen molar-refractivity contribution in [2.24, 2.45) is 0 Å². The van der Waals surface area contributed by atoms with Crippen LogP contribution in [0.15, 0.2) is 18.7 Å². The molecule has 0 saturated heterocycles. The van der Waals surface area contributed by atoms with Crippen LogP contribution < -0.4 is 0 Å². The average Bonchev–Trinajstić information content (AvgIpc) is 1.99. The summed E-state index contributed by atoms with van der Waals surface area (Å²) >= 11 is 0. The van der Waals surface area contributed by atoms with E-state index >= 15 is 0 Å². The quantitative estimate of drug-likeness (QED) is 0.583. The van der Waals surface area contributed by atoms with Crippen molar-refractivity contribution in [3.05, 3.63) is 41.5 Å². The number of hydrogen-bond donors (Lipinski definition) is 0. The lowest BCUT2D eigenvalue weighted by Gasteiger charge is -1.99. The van der Waals surface area contributed by atoms with Crippen molar-refractivity contribution < 1.29 is 8.78 Å². The summed E-state index contributed by atoms with van der Waals surface area (Å²) in [5.41, 5.74) is 0.515. The Bertz CT molecular complexity index is 267. The Hall–Kier alpha value is -1.18. The van der Waals surface area contributed by atoms with E-state index in [9.17, 15) is 8.78 Å². The first-order chi connectivity index (χ1) is 5.15. The van der Waals surface area contributed by atoms with Gasteiger partial charge in [0.1, 0.15) is 11.6 Å². The second-order valence-electron chi connectivity index (χ2n) is 2.31. The molecule has 0 heterocycles. The molecule has 0 bridgehead atoms. The number of hydrogen-bond acceptors (Lipinski definition) is 0. The molecule has 0 unspecified atom stereocenters. The van der Waals surface area contributed by atoms with Crippen LogP contribution in [0.2, 0.25) is 0 Å². The lowest BCUT2D eigenvalue weighted by Crippen LogP contribution is -1.89. The van der Waals surface area contributed by atoms with Crippen molar-refractivity contribution in [3.63, 3.8) is 0 Å². The number of rotatable bonds is 1. The van der Waals surface area contributed by atoms with Crippen molar-refractivity contribution in [1.82, 2.24) is 0 Å². The topological polar surface area (TPSA) is 0 Å². The summed E-state index contributed by atoms with van der Waals surface area (Å²) in [5, 5.41) is 0. The molecule has 11 heavy (non-hydrogen) atoms. The molecule has 0 N–H and O–H groups in total. The largest absolute Gasteiger partial charge is 0.207 e. The van der Waals surface area contributed by atoms with Crippen molar-refractivity contribution in [2.45, 2.75) is 6.92 Å². The van der Waals surface area contributed by atoms with Crippen molar-refractivity contribution in [1.29, 1.82) is 0 Å². The average molecular weight is 154 g/mol. The summed E-state index contributed by atoms with van der Waals surface area (Å²) < 4.78 is 25.5. The minimum Gasteiger partial charge on any atom is -0.207 e. The molecule has 0 amide bonds. The molecule has 0 atom stereocenters. The predicted octanol–water partition coefficient (Wildman–Crippen LogP) is 2.92. The Morgan fingerprint density at radius 2 is 1.73 bits per heavy atom. The first-order valence-corrected chi connectivity index (χ1v) is 3.23. The maximum atomic E-state index is 12.7. The molecule has 0 aromatic heterocycles. The number of halogens is 2. The normalized spacial score (nSPS) is 9.73. The second-order valence-corrected chi connectivity index (χ2v) is 2.31. The van der Waals surface area contributed by atoms with Gasteiger partial charge in [-0.15, -0.1) is 0 Å². The van der Waals surface area contributed by atoms with Gasteiger partial charge in [0.05, 0.1) is 0 Å². The lowest BCUT2D eigenvalue weighted by atomic mass is 10.1. The smallest absolute Gasteiger partial charge is 0.129 e. The number of benzene rings is 1. The van der Waals surface area contributed by atoms with Gasteiger partial charge >= 0.3 is 0 Å². The van der Waals surface area contributed by atoms with Gasteiger partial charge < -0.3 is 0 Å². The van der Waals surface area contributed by atoms with Crippen LogP contribution in [0.1, 0.15) is 11.1 Å². The van der Waals surface area contributed by atoms with Crippen molar-refractivity contribution in [3.8, 4) is 0 Å². The van der Waals surface area contributed by atoms with Crippen LogP contribution in [0.25, 0.3) is 6.08 Å². The first kappa shape index (κ1) is 7.92. The van der Waals surface area contributed by atoms with Gasteiger partial charge in [-0.1, -0.05) is 12.7 Å². The van der Waals surface area contributed by atoms with E-state index in [2.05, 4.69) is 6.58 Å². The molecule has 0 spiro atoms. The van der Waals surface area contributed by atoms with Crippen LogP contribution >= 0.6 is 0 Å². The molecular weight excluding hydrogens is 146 g/mol. The molecule has 0 aliphatic carbocycles. The monoisotopic (exact) mass is 154 g/mol. The van der Waals surface area contributed by atoms with Crippen LogP contribution in [0.5, 0.6) is 0 Å². The Morgan fingerprint density at radius 1 is 1.27 bits per heavy atom. The highest BCUT2D eigenvalue weighted by Crippen LogP contribution is 2.14. The molecular formula is C9H8F2. The third kappa shape index (κ3) is 1.45. The van der Waals surface area contributed by atoms with Gasteiger partial charge in [0, 0.05) is 5.56 Å². The minimum absolute atomic E-state index is 0.0515. The molecule has 58 valence electrons. The fraction of sp³-hybridized carbons (Fsp3) is 0.111. The van der Waals surface area contributed by atoms with E-state index in [0.717, 1.165) is 0 Å². The third-order valence-corrected chi connectivity index (χ3v) is 1.54. The Labute approximate surface area is 64.2 Å². The lowest BCUT2D eigenvalue weighted by molar-refractivity contribution is 0.567. The molecule has 1 rings (SSSR count). The van der Waals surface area contributed by atoms with Crippen LogP contribution in [0.3, 0.4) is 0 Å². The highest BCUT2D eigenvalue weighted by Gasteiger charge is 2.03. The van der Waals surface area contributed by atoms with E-state index in [-0.39, 0.29) is 5.56 Å². The van der Waals surface area contributed by atoms with Crippen LogP contribution in [-0.2, 0) is 0 Å². The Morgan fingerprint density at radius 3 is 2.09 bits per heavy atom. The van der Waals surface area contributed by atoms with Gasteiger partial charge in [0.2, 0.25) is 0 Å². The Kier molecular flexibility index (Phi) is 2.03. The van der Waals surface area contributed by atoms with E-state index in [1.807, 2.05) is 0 Å². The van der Waals surface area contributed by atoms with E-state index < -0.39 is 11.6 Å². The second kappa shape index (κ2) is 2.82. The molecule has 2 heteroatoms. The fourth-order valence-corrected chi connectivity index (χ4v) is 0.783. The van der Waals surface area contributed by atoms with E-state index in [1.54, 1.807) is 0 Å². The van der Waals surface area contributed by atoms with Gasteiger partial charge in [-0.25, -0.2) is 8.78 Å². The summed E-state index contributed by atoms with van der Waals surface area (Å²) in [7, 11) is 0. The van der Waals surface area contributed by atoms with Gasteiger partial charge in [-0.05, 0) is 24.6 Å². The maximum Gasteiger partial charge on any atom is 0.129 e. The summed E-state index contributed by atoms with van der Waals surface area (Å²) in [5.74, 6) is -1.06. The zero-order valence-corrected chi connectivity index (χ0v) is 6.20. The van der Waals surface area contributed by atoms with E-state index in [1.165, 1.54) is 25.1 Å². The Balaban J connectivity index is 3.31. The summed E-state index contributed by atoms with van der Waals surface area (Å²) in [4.78, 5) is 0. The minimum atomic E-state index is -0.528. The molecule has 0 nitrogen and oxygen atoms in total. The van der Waals surface area contributed by atoms with Crippen LogP contribution in [-0.4, -0.2) is 0 Å². The predicted molar refractivity (Wildman–Crippen MR) is 41.2 cm³/mol. The third-order valence-electron chi connectivity index (χ3n) is 1.54. The fourth-order valence-electron chi connectivity index (χ4n) is 0.783. The maximum absolute atomic E-state index is 12.7. The zero-order chi connectivity index (χ0) is 8.43. The SMILES string of the molecule is C=Cc1cc(F)c(C)c(F)c1. The molecule has 0 radical (unpaired) electrons. The van der Waals surface area contributed by atoms with Gasteiger partial charge in [0.15, 0.2) is 0 Å². The van der Waals surface area contributed by atoms with E-state index in [4.69, 9.17) is 0 Å². The van der Waals surface area contributed by atoms with Crippen molar-refractivity contribution >= 4 is 6.08 Å². The summed E-state index contributed by atoms with van der Waals surface area (Å²) in [6, 6.07) is 2.51. The first-order valence-electron chi connectivity index (χ1n) is 3.23. The molecule has 1 aromatic carbocycles. The molecule has 0 fully saturated rings. The zero-order valence-electron chi connectivity index (χ0n) is 6.20. The van der Waals surface area contributed by atoms with Gasteiger partial charge in [-0.2, -0.15) is 0 Å². The van der Waals surface area contributed by atoms with Crippen LogP contribution in [0.4, 0.5) is 8.78 Å². The molecule has 1 aromatic rings. The molecule has 0 aliphatic rings. The van der Waals surface area contributed by atoms with Crippen LogP contribution in [0, 0.1) is 18.6 Å². The van der Waals surface area contributed by atoms with Crippen molar-refractivity contribution in [2.75, 3.05) is 0 Å². The standard InChI is InChI=1S/C9H8F2/c1-3-7-4-8(10)6(2)9(11)5-7/h3-5H,1H2,2H3. The highest BCUT2D eigenvalue weighted by atomic mass is 19.1. The summed E-state index contributed by atoms with van der Waals surface area (Å²) in [6.07, 6.45) is 1.41. The summed E-state index contributed by atoms with van der Waals surface area (Å²) in [6.45, 7) is 4.81. The van der Waals surface area contributed by atoms with Gasteiger partial charge in [0.25, 0.3) is 0 Å². The van der Waals surface area contributed by atoms with E-state index in [0.29, 0.717) is 5.56 Å². The molecule has 0 aliphatic heterocycles. The highest BCUT2D eigenvalue weighted by molar-refractivity contribution is 5.47.